The van der Waals surface area contributed by atoms with Gasteiger partial charge in [0, 0.05) is 18.1 Å². The van der Waals surface area contributed by atoms with E-state index in [0.29, 0.717) is 23.7 Å². The van der Waals surface area contributed by atoms with Gasteiger partial charge in [0.2, 0.25) is 0 Å². The van der Waals surface area contributed by atoms with Gasteiger partial charge in [-0.05, 0) is 54.8 Å². The smallest absolute Gasteiger partial charge is 0.264 e. The van der Waals surface area contributed by atoms with Gasteiger partial charge in [-0.25, -0.2) is 8.42 Å². The molecule has 6 nitrogen and oxygen atoms in total. The summed E-state index contributed by atoms with van der Waals surface area (Å²) in [6.07, 6.45) is 1.60. The number of halogens is 1. The van der Waals surface area contributed by atoms with Crippen molar-refractivity contribution in [2.75, 3.05) is 29.4 Å². The van der Waals surface area contributed by atoms with E-state index in [2.05, 4.69) is 15.9 Å². The van der Waals surface area contributed by atoms with Crippen LogP contribution in [0.4, 0.5) is 11.4 Å². The number of anilines is 2. The van der Waals surface area contributed by atoms with Crippen molar-refractivity contribution in [3.05, 3.63) is 46.4 Å². The van der Waals surface area contributed by atoms with E-state index in [1.807, 2.05) is 18.2 Å². The summed E-state index contributed by atoms with van der Waals surface area (Å²) in [5.74, 6) is 0.300. The Kier molecular flexibility index (Phi) is 4.19. The molecule has 0 aliphatic carbocycles. The third kappa shape index (κ3) is 2.77. The van der Waals surface area contributed by atoms with Crippen molar-refractivity contribution in [2.24, 2.45) is 0 Å². The van der Waals surface area contributed by atoms with E-state index in [-0.39, 0.29) is 17.4 Å². The van der Waals surface area contributed by atoms with E-state index in [0.717, 1.165) is 22.9 Å². The van der Waals surface area contributed by atoms with E-state index in [4.69, 9.17) is 4.74 Å². The van der Waals surface area contributed by atoms with Crippen LogP contribution >= 0.6 is 15.9 Å². The Hall–Kier alpha value is -2.06. The molecule has 0 N–H and O–H groups in total. The normalized spacial score (nSPS) is 16.8. The van der Waals surface area contributed by atoms with Gasteiger partial charge in [0.05, 0.1) is 16.3 Å². The van der Waals surface area contributed by atoms with Crippen molar-refractivity contribution in [1.82, 2.24) is 0 Å². The van der Waals surface area contributed by atoms with Crippen LogP contribution in [0.25, 0.3) is 0 Å². The molecular formula is C18H17BrN2O4S. The SMILES string of the molecule is CN1C(=O)COc2ccc(S(=O)(=O)N3CCCc4cc(Br)ccc43)cc21. The predicted octanol–water partition coefficient (Wildman–Crippen LogP) is 2.95. The fourth-order valence-corrected chi connectivity index (χ4v) is 5.29. The zero-order valence-corrected chi connectivity index (χ0v) is 16.5. The lowest BCUT2D eigenvalue weighted by Gasteiger charge is -2.31. The molecule has 26 heavy (non-hydrogen) atoms. The van der Waals surface area contributed by atoms with Gasteiger partial charge in [0.25, 0.3) is 15.9 Å². The number of aryl methyl sites for hydroxylation is 1. The topological polar surface area (TPSA) is 66.9 Å². The average Bonchev–Trinajstić information content (AvgIpc) is 2.63. The molecule has 0 radical (unpaired) electrons. The van der Waals surface area contributed by atoms with E-state index in [9.17, 15) is 13.2 Å². The van der Waals surface area contributed by atoms with Crippen LogP contribution in [0.15, 0.2) is 45.8 Å². The molecule has 0 bridgehead atoms. The molecule has 0 unspecified atom stereocenters. The second-order valence-corrected chi connectivity index (χ2v) is 9.10. The third-order valence-corrected chi connectivity index (χ3v) is 7.03. The van der Waals surface area contributed by atoms with Crippen LogP contribution in [0, 0.1) is 0 Å². The first-order chi connectivity index (χ1) is 12.4. The molecule has 136 valence electrons. The lowest BCUT2D eigenvalue weighted by atomic mass is 10.0. The number of carbonyl (C=O) groups is 1. The number of sulfonamides is 1. The first-order valence-electron chi connectivity index (χ1n) is 8.22. The first kappa shape index (κ1) is 17.4. The van der Waals surface area contributed by atoms with Gasteiger partial charge in [-0.2, -0.15) is 0 Å². The number of fused-ring (bicyclic) bond motifs is 2. The summed E-state index contributed by atoms with van der Waals surface area (Å²) in [6.45, 7) is 0.392. The van der Waals surface area contributed by atoms with E-state index in [1.165, 1.54) is 21.3 Å². The molecule has 0 spiro atoms. The van der Waals surface area contributed by atoms with Gasteiger partial charge in [0.1, 0.15) is 5.75 Å². The van der Waals surface area contributed by atoms with E-state index in [1.54, 1.807) is 13.1 Å². The van der Waals surface area contributed by atoms with Crippen LogP contribution in [0.3, 0.4) is 0 Å². The van der Waals surface area contributed by atoms with Crippen LogP contribution in [-0.4, -0.2) is 34.5 Å². The monoisotopic (exact) mass is 436 g/mol. The van der Waals surface area contributed by atoms with Crippen molar-refractivity contribution in [3.8, 4) is 5.75 Å². The number of rotatable bonds is 2. The summed E-state index contributed by atoms with van der Waals surface area (Å²) >= 11 is 3.44. The zero-order chi connectivity index (χ0) is 18.5. The number of carbonyl (C=O) groups excluding carboxylic acids is 1. The minimum atomic E-state index is -3.74. The highest BCUT2D eigenvalue weighted by Crippen LogP contribution is 2.37. The minimum Gasteiger partial charge on any atom is -0.482 e. The molecule has 0 saturated heterocycles. The molecule has 0 saturated carbocycles. The molecular weight excluding hydrogens is 420 g/mol. The van der Waals surface area contributed by atoms with Gasteiger partial charge in [-0.1, -0.05) is 15.9 Å². The third-order valence-electron chi connectivity index (χ3n) is 4.72. The maximum absolute atomic E-state index is 13.3. The van der Waals surface area contributed by atoms with Gasteiger partial charge >= 0.3 is 0 Å². The summed E-state index contributed by atoms with van der Waals surface area (Å²) in [4.78, 5) is 13.4. The number of hydrogen-bond donors (Lipinski definition) is 0. The van der Waals surface area contributed by atoms with Crippen LogP contribution in [0.1, 0.15) is 12.0 Å². The first-order valence-corrected chi connectivity index (χ1v) is 10.5. The quantitative estimate of drug-likeness (QED) is 0.725. The molecule has 8 heteroatoms. The summed E-state index contributed by atoms with van der Waals surface area (Å²) < 4.78 is 34.3. The molecule has 2 aromatic rings. The minimum absolute atomic E-state index is 0.0377. The Balaban J connectivity index is 1.78. The summed E-state index contributed by atoms with van der Waals surface area (Å²) in [5.41, 5.74) is 2.18. The lowest BCUT2D eigenvalue weighted by molar-refractivity contribution is -0.120. The number of hydrogen-bond acceptors (Lipinski definition) is 4. The van der Waals surface area contributed by atoms with Crippen LogP contribution in [0.2, 0.25) is 0 Å². The molecule has 1 amide bonds. The Morgan fingerprint density at radius 2 is 1.92 bits per heavy atom. The van der Waals surface area contributed by atoms with Gasteiger partial charge in [-0.15, -0.1) is 0 Å². The molecule has 2 aromatic carbocycles. The van der Waals surface area contributed by atoms with E-state index >= 15 is 0 Å². The van der Waals surface area contributed by atoms with E-state index < -0.39 is 10.0 Å². The predicted molar refractivity (Wildman–Crippen MR) is 102 cm³/mol. The van der Waals surface area contributed by atoms with Crippen molar-refractivity contribution in [2.45, 2.75) is 17.7 Å². The molecule has 2 heterocycles. The van der Waals surface area contributed by atoms with Crippen molar-refractivity contribution >= 4 is 43.2 Å². The summed E-state index contributed by atoms with van der Waals surface area (Å²) in [6, 6.07) is 10.3. The van der Waals surface area contributed by atoms with Crippen LogP contribution in [-0.2, 0) is 21.2 Å². The summed E-state index contributed by atoms with van der Waals surface area (Å²) in [7, 11) is -2.12. The maximum Gasteiger partial charge on any atom is 0.264 e. The number of nitrogens with zero attached hydrogens (tertiary/aromatic N) is 2. The standard InChI is InChI=1S/C18H17BrN2O4S/c1-20-16-10-14(5-7-17(16)25-11-18(20)22)26(23,24)21-8-2-3-12-9-13(19)4-6-15(12)21/h4-7,9-10H,2-3,8,11H2,1H3. The fourth-order valence-electron chi connectivity index (χ4n) is 3.32. The number of amides is 1. The zero-order valence-electron chi connectivity index (χ0n) is 14.1. The van der Waals surface area contributed by atoms with Gasteiger partial charge < -0.3 is 9.64 Å². The lowest BCUT2D eigenvalue weighted by Crippen LogP contribution is -2.37. The van der Waals surface area contributed by atoms with Crippen LogP contribution in [0.5, 0.6) is 5.75 Å². The number of ether oxygens (including phenoxy) is 1. The van der Waals surface area contributed by atoms with Gasteiger partial charge in [-0.3, -0.25) is 9.10 Å². The van der Waals surface area contributed by atoms with Crippen molar-refractivity contribution < 1.29 is 17.9 Å². The Labute approximate surface area is 160 Å². The average molecular weight is 437 g/mol. The fraction of sp³-hybridized carbons (Fsp3) is 0.278. The Bertz CT molecular complexity index is 1010. The largest absolute Gasteiger partial charge is 0.482 e. The molecule has 2 aliphatic rings. The summed E-state index contributed by atoms with van der Waals surface area (Å²) in [5, 5.41) is 0. The second kappa shape index (κ2) is 6.28. The highest BCUT2D eigenvalue weighted by atomic mass is 79.9. The molecule has 0 atom stereocenters. The Morgan fingerprint density at radius 3 is 2.73 bits per heavy atom. The maximum atomic E-state index is 13.3. The molecule has 0 aromatic heterocycles. The van der Waals surface area contributed by atoms with Crippen molar-refractivity contribution in [3.63, 3.8) is 0 Å². The molecule has 2 aliphatic heterocycles. The number of likely N-dealkylation sites (N-methyl/N-ethyl adjacent to an activating group) is 1. The van der Waals surface area contributed by atoms with Crippen molar-refractivity contribution in [1.29, 1.82) is 0 Å². The second-order valence-electron chi connectivity index (χ2n) is 6.32. The molecule has 4 rings (SSSR count). The highest BCUT2D eigenvalue weighted by molar-refractivity contribution is 9.10. The Morgan fingerprint density at radius 1 is 1.12 bits per heavy atom. The molecule has 0 fully saturated rings. The number of benzene rings is 2. The highest BCUT2D eigenvalue weighted by Gasteiger charge is 2.31. The van der Waals surface area contributed by atoms with Gasteiger partial charge in [0.15, 0.2) is 6.61 Å². The van der Waals surface area contributed by atoms with Crippen LogP contribution < -0.4 is 13.9 Å².